The molecule has 6 N–H and O–H groups in total. The van der Waals surface area contributed by atoms with E-state index < -0.39 is 0 Å². The van der Waals surface area contributed by atoms with Gasteiger partial charge in [-0.25, -0.2) is 10.2 Å². The third-order valence-corrected chi connectivity index (χ3v) is 6.61. The maximum atomic E-state index is 5.52. The Kier molecular flexibility index (Phi) is 6.67. The van der Waals surface area contributed by atoms with Gasteiger partial charge in [-0.2, -0.15) is 9.97 Å². The van der Waals surface area contributed by atoms with Gasteiger partial charge in [-0.15, -0.1) is 32.9 Å². The summed E-state index contributed by atoms with van der Waals surface area (Å²) in [5.41, 5.74) is 6.79. The lowest BCUT2D eigenvalue weighted by Crippen LogP contribution is -2.17. The maximum absolute atomic E-state index is 5.52. The fraction of sp³-hybridized carbons (Fsp3) is 0.368. The molecule has 0 aliphatic heterocycles. The number of thiophene rings is 2. The van der Waals surface area contributed by atoms with Gasteiger partial charge in [0, 0.05) is 34.8 Å². The largest absolute Gasteiger partial charge is 0.368 e. The number of nitrogens with two attached hydrogens (primary N) is 1. The van der Waals surface area contributed by atoms with Gasteiger partial charge in [0.25, 0.3) is 0 Å². The summed E-state index contributed by atoms with van der Waals surface area (Å²) >= 11 is 3.57. The lowest BCUT2D eigenvalue weighted by molar-refractivity contribution is 0.881. The minimum absolute atomic E-state index is 0.311. The van der Waals surface area contributed by atoms with Gasteiger partial charge in [0.05, 0.1) is 6.54 Å². The van der Waals surface area contributed by atoms with E-state index in [9.17, 15) is 0 Å². The van der Waals surface area contributed by atoms with E-state index in [0.717, 1.165) is 32.5 Å². The van der Waals surface area contributed by atoms with Gasteiger partial charge in [-0.05, 0) is 48.9 Å². The van der Waals surface area contributed by atoms with E-state index in [1.54, 1.807) is 11.3 Å². The van der Waals surface area contributed by atoms with E-state index in [4.69, 9.17) is 5.73 Å². The van der Waals surface area contributed by atoms with Crippen LogP contribution in [0.25, 0.3) is 0 Å². The SMILES string of the molecule is Cc1ccc(CCNc2nc(N(C)Cc3cc(CCNc4n[nH]c(N)n4)cs3)n[nH]2)s1. The quantitative estimate of drug-likeness (QED) is 0.231. The average Bonchev–Trinajstić information content (AvgIpc) is 3.52. The number of anilines is 4. The highest BCUT2D eigenvalue weighted by Crippen LogP contribution is 2.20. The number of rotatable bonds is 11. The van der Waals surface area contributed by atoms with Crippen molar-refractivity contribution in [2.45, 2.75) is 26.3 Å². The highest BCUT2D eigenvalue weighted by molar-refractivity contribution is 7.11. The van der Waals surface area contributed by atoms with Crippen molar-refractivity contribution in [2.24, 2.45) is 0 Å². The zero-order chi connectivity index (χ0) is 21.6. The zero-order valence-corrected chi connectivity index (χ0v) is 19.1. The summed E-state index contributed by atoms with van der Waals surface area (Å²) in [5.74, 6) is 2.20. The Morgan fingerprint density at radius 3 is 2.71 bits per heavy atom. The number of aromatic amines is 2. The molecule has 4 aromatic rings. The topological polar surface area (TPSA) is 136 Å². The molecule has 4 rings (SSSR count). The summed E-state index contributed by atoms with van der Waals surface area (Å²) < 4.78 is 0. The van der Waals surface area contributed by atoms with E-state index >= 15 is 0 Å². The first-order chi connectivity index (χ1) is 15.0. The van der Waals surface area contributed by atoms with Gasteiger partial charge in [0.15, 0.2) is 0 Å². The van der Waals surface area contributed by atoms with Crippen molar-refractivity contribution in [3.63, 3.8) is 0 Å². The predicted molar refractivity (Wildman–Crippen MR) is 127 cm³/mol. The minimum atomic E-state index is 0.311. The van der Waals surface area contributed by atoms with Crippen molar-refractivity contribution in [1.29, 1.82) is 0 Å². The second kappa shape index (κ2) is 9.79. The van der Waals surface area contributed by atoms with Crippen LogP contribution >= 0.6 is 22.7 Å². The molecule has 10 nitrogen and oxygen atoms in total. The van der Waals surface area contributed by atoms with Crippen LogP contribution in [0.5, 0.6) is 0 Å². The molecule has 0 radical (unpaired) electrons. The van der Waals surface area contributed by atoms with E-state index in [2.05, 4.69) is 71.5 Å². The fourth-order valence-corrected chi connectivity index (χ4v) is 4.91. The predicted octanol–water partition coefficient (Wildman–Crippen LogP) is 2.88. The van der Waals surface area contributed by atoms with Crippen molar-refractivity contribution < 1.29 is 0 Å². The molecule has 4 aromatic heterocycles. The molecule has 164 valence electrons. The molecule has 4 heterocycles. The molecule has 0 aliphatic carbocycles. The Balaban J connectivity index is 1.21. The van der Waals surface area contributed by atoms with Crippen LogP contribution in [0.15, 0.2) is 23.6 Å². The molecular formula is C19H26N10S2. The lowest BCUT2D eigenvalue weighted by Gasteiger charge is -2.12. The highest BCUT2D eigenvalue weighted by Gasteiger charge is 2.11. The molecule has 0 aliphatic rings. The summed E-state index contributed by atoms with van der Waals surface area (Å²) in [6.07, 6.45) is 1.86. The average molecular weight is 459 g/mol. The van der Waals surface area contributed by atoms with Crippen molar-refractivity contribution in [3.05, 3.63) is 43.8 Å². The molecule has 0 saturated heterocycles. The molecule has 0 atom stereocenters. The minimum Gasteiger partial charge on any atom is -0.368 e. The van der Waals surface area contributed by atoms with Crippen LogP contribution < -0.4 is 21.3 Å². The number of hydrogen-bond donors (Lipinski definition) is 5. The Hall–Kier alpha value is -3.12. The molecule has 0 fully saturated rings. The smallest absolute Gasteiger partial charge is 0.246 e. The van der Waals surface area contributed by atoms with Crippen molar-refractivity contribution >= 4 is 46.5 Å². The van der Waals surface area contributed by atoms with Gasteiger partial charge < -0.3 is 21.3 Å². The molecule has 0 spiro atoms. The van der Waals surface area contributed by atoms with Crippen molar-refractivity contribution in [1.82, 2.24) is 30.4 Å². The van der Waals surface area contributed by atoms with E-state index in [-0.39, 0.29) is 0 Å². The van der Waals surface area contributed by atoms with Crippen LogP contribution in [0.2, 0.25) is 0 Å². The van der Waals surface area contributed by atoms with Gasteiger partial charge in [0.2, 0.25) is 23.8 Å². The van der Waals surface area contributed by atoms with Gasteiger partial charge in [0.1, 0.15) is 0 Å². The Bertz CT molecular complexity index is 1090. The van der Waals surface area contributed by atoms with Gasteiger partial charge in [-0.3, -0.25) is 0 Å². The number of H-pyrrole nitrogens is 2. The van der Waals surface area contributed by atoms with Crippen molar-refractivity contribution in [2.75, 3.05) is 41.4 Å². The summed E-state index contributed by atoms with van der Waals surface area (Å²) in [4.78, 5) is 14.6. The van der Waals surface area contributed by atoms with Crippen LogP contribution in [0.3, 0.4) is 0 Å². The molecule has 31 heavy (non-hydrogen) atoms. The highest BCUT2D eigenvalue weighted by atomic mass is 32.1. The van der Waals surface area contributed by atoms with Crippen LogP contribution in [0.1, 0.15) is 20.2 Å². The first-order valence-corrected chi connectivity index (χ1v) is 11.7. The standard InChI is InChI=1S/C19H26N10S2/c1-12-3-4-14(31-12)6-8-22-18-24-19(28-27-18)29(2)10-15-9-13(11-30-15)5-7-21-17-23-16(20)25-26-17/h3-4,9,11H,5-8,10H2,1-2H3,(H2,22,24,27,28)(H4,20,21,23,25,26). The van der Waals surface area contributed by atoms with Crippen LogP contribution in [0.4, 0.5) is 23.8 Å². The number of nitrogens with zero attached hydrogens (tertiary/aromatic N) is 5. The molecular weight excluding hydrogens is 432 g/mol. The molecule has 0 saturated carbocycles. The maximum Gasteiger partial charge on any atom is 0.246 e. The third-order valence-electron chi connectivity index (χ3n) is 4.58. The fourth-order valence-electron chi connectivity index (χ4n) is 3.04. The van der Waals surface area contributed by atoms with E-state index in [1.807, 2.05) is 23.3 Å². The van der Waals surface area contributed by atoms with Gasteiger partial charge in [-0.1, -0.05) is 0 Å². The molecule has 0 amide bonds. The molecule has 12 heteroatoms. The van der Waals surface area contributed by atoms with E-state index in [1.165, 1.54) is 20.2 Å². The zero-order valence-electron chi connectivity index (χ0n) is 17.5. The van der Waals surface area contributed by atoms with Crippen molar-refractivity contribution in [3.8, 4) is 0 Å². The Morgan fingerprint density at radius 1 is 1.06 bits per heavy atom. The number of nitrogens with one attached hydrogen (secondary N) is 4. The van der Waals surface area contributed by atoms with Crippen LogP contribution in [-0.2, 0) is 19.4 Å². The van der Waals surface area contributed by atoms with Gasteiger partial charge >= 0.3 is 0 Å². The first-order valence-electron chi connectivity index (χ1n) is 9.96. The summed E-state index contributed by atoms with van der Waals surface area (Å²) in [7, 11) is 2.00. The lowest BCUT2D eigenvalue weighted by atomic mass is 10.2. The normalized spacial score (nSPS) is 11.0. The number of hydrogen-bond acceptors (Lipinski definition) is 10. The monoisotopic (exact) mass is 458 g/mol. The van der Waals surface area contributed by atoms with E-state index in [0.29, 0.717) is 23.8 Å². The summed E-state index contributed by atoms with van der Waals surface area (Å²) in [5, 5.41) is 22.5. The second-order valence-corrected chi connectivity index (χ2v) is 9.54. The van der Waals surface area contributed by atoms with Crippen LogP contribution in [-0.4, -0.2) is 50.5 Å². The third kappa shape index (κ3) is 5.95. The molecule has 0 aromatic carbocycles. The second-order valence-electron chi connectivity index (χ2n) is 7.17. The summed E-state index contributed by atoms with van der Waals surface area (Å²) in [6.45, 7) is 4.44. The number of nitrogen functional groups attached to an aromatic ring is 1. The van der Waals surface area contributed by atoms with Crippen LogP contribution in [0, 0.1) is 6.92 Å². The summed E-state index contributed by atoms with van der Waals surface area (Å²) in [6, 6.07) is 6.54. The Morgan fingerprint density at radius 2 is 1.94 bits per heavy atom. The number of aromatic nitrogens is 6. The molecule has 0 unspecified atom stereocenters. The number of aryl methyl sites for hydroxylation is 1. The Labute approximate surface area is 188 Å². The molecule has 0 bridgehead atoms. The first kappa shape index (κ1) is 21.1.